The summed E-state index contributed by atoms with van der Waals surface area (Å²) in [6.45, 7) is 0. The van der Waals surface area contributed by atoms with Crippen molar-refractivity contribution in [1.82, 2.24) is 10.1 Å². The van der Waals surface area contributed by atoms with Crippen molar-refractivity contribution in [3.05, 3.63) is 30.1 Å². The quantitative estimate of drug-likeness (QED) is 0.836. The van der Waals surface area contributed by atoms with Gasteiger partial charge in [-0.1, -0.05) is 21.1 Å². The van der Waals surface area contributed by atoms with E-state index in [4.69, 9.17) is 9.63 Å². The van der Waals surface area contributed by atoms with Crippen LogP contribution in [0.25, 0.3) is 11.5 Å². The minimum absolute atomic E-state index is 0.217. The first-order chi connectivity index (χ1) is 6.79. The van der Waals surface area contributed by atoms with Crippen molar-refractivity contribution in [3.8, 4) is 17.2 Å². The molecular formula is C9H7BrN2O2. The van der Waals surface area contributed by atoms with Gasteiger partial charge in [-0.05, 0) is 24.3 Å². The Labute approximate surface area is 88.7 Å². The van der Waals surface area contributed by atoms with Crippen molar-refractivity contribution in [2.45, 2.75) is 5.33 Å². The average Bonchev–Trinajstić information content (AvgIpc) is 2.67. The van der Waals surface area contributed by atoms with Gasteiger partial charge >= 0.3 is 0 Å². The van der Waals surface area contributed by atoms with Crippen LogP contribution in [0.3, 0.4) is 0 Å². The normalized spacial score (nSPS) is 10.4. The second-order valence-electron chi connectivity index (χ2n) is 2.70. The first-order valence-corrected chi connectivity index (χ1v) is 5.09. The summed E-state index contributed by atoms with van der Waals surface area (Å²) < 4.78 is 5.01. The summed E-state index contributed by atoms with van der Waals surface area (Å²) in [4.78, 5) is 4.12. The molecule has 0 aliphatic rings. The molecule has 5 heteroatoms. The average molecular weight is 255 g/mol. The van der Waals surface area contributed by atoms with Gasteiger partial charge in [-0.25, -0.2) is 0 Å². The Balaban J connectivity index is 2.34. The highest BCUT2D eigenvalue weighted by atomic mass is 79.9. The number of hydrogen-bond donors (Lipinski definition) is 1. The lowest BCUT2D eigenvalue weighted by Gasteiger charge is -1.93. The lowest BCUT2D eigenvalue weighted by atomic mass is 10.2. The zero-order valence-corrected chi connectivity index (χ0v) is 8.73. The molecule has 0 aliphatic heterocycles. The van der Waals surface area contributed by atoms with Gasteiger partial charge in [0.2, 0.25) is 0 Å². The molecule has 0 bridgehead atoms. The number of halogens is 1. The van der Waals surface area contributed by atoms with E-state index < -0.39 is 0 Å². The fourth-order valence-corrected chi connectivity index (χ4v) is 1.26. The maximum atomic E-state index is 9.08. The fourth-order valence-electron chi connectivity index (χ4n) is 1.03. The Morgan fingerprint density at radius 2 is 2.00 bits per heavy atom. The van der Waals surface area contributed by atoms with Crippen LogP contribution in [0.4, 0.5) is 0 Å². The molecule has 0 spiro atoms. The van der Waals surface area contributed by atoms with Crippen LogP contribution in [0.5, 0.6) is 5.75 Å². The van der Waals surface area contributed by atoms with Gasteiger partial charge in [0, 0.05) is 5.56 Å². The van der Waals surface area contributed by atoms with Crippen molar-refractivity contribution in [3.63, 3.8) is 0 Å². The van der Waals surface area contributed by atoms with Gasteiger partial charge in [0.1, 0.15) is 5.75 Å². The minimum atomic E-state index is 0.217. The first-order valence-electron chi connectivity index (χ1n) is 3.97. The highest BCUT2D eigenvalue weighted by Gasteiger charge is 2.06. The number of aromatic hydroxyl groups is 1. The summed E-state index contributed by atoms with van der Waals surface area (Å²) in [5, 5.41) is 13.4. The van der Waals surface area contributed by atoms with Crippen molar-refractivity contribution < 1.29 is 9.63 Å². The van der Waals surface area contributed by atoms with Gasteiger partial charge in [-0.15, -0.1) is 0 Å². The summed E-state index contributed by atoms with van der Waals surface area (Å²) in [5.74, 6) is 1.28. The molecule has 0 saturated heterocycles. The van der Waals surface area contributed by atoms with E-state index in [1.807, 2.05) is 0 Å². The molecular weight excluding hydrogens is 248 g/mol. The smallest absolute Gasteiger partial charge is 0.257 e. The molecule has 2 rings (SSSR count). The molecule has 4 nitrogen and oxygen atoms in total. The predicted octanol–water partition coefficient (Wildman–Crippen LogP) is 2.34. The van der Waals surface area contributed by atoms with E-state index >= 15 is 0 Å². The largest absolute Gasteiger partial charge is 0.508 e. The molecule has 2 aromatic rings. The van der Waals surface area contributed by atoms with Crippen LogP contribution in [-0.4, -0.2) is 15.2 Å². The van der Waals surface area contributed by atoms with Gasteiger partial charge in [0.25, 0.3) is 5.89 Å². The van der Waals surface area contributed by atoms with Crippen molar-refractivity contribution >= 4 is 15.9 Å². The number of aromatic nitrogens is 2. The SMILES string of the molecule is Oc1ccc(-c2nc(CBr)no2)cc1. The number of hydrogen-bond acceptors (Lipinski definition) is 4. The Kier molecular flexibility index (Phi) is 2.49. The Morgan fingerprint density at radius 1 is 1.29 bits per heavy atom. The number of alkyl halides is 1. The Hall–Kier alpha value is -1.36. The van der Waals surface area contributed by atoms with E-state index in [1.54, 1.807) is 24.3 Å². The highest BCUT2D eigenvalue weighted by molar-refractivity contribution is 9.08. The molecule has 0 fully saturated rings. The molecule has 0 radical (unpaired) electrons. The van der Waals surface area contributed by atoms with E-state index in [2.05, 4.69) is 26.1 Å². The monoisotopic (exact) mass is 254 g/mol. The second kappa shape index (κ2) is 3.79. The van der Waals surface area contributed by atoms with Gasteiger partial charge in [-0.3, -0.25) is 0 Å². The van der Waals surface area contributed by atoms with Gasteiger partial charge < -0.3 is 9.63 Å². The molecule has 1 aromatic carbocycles. The van der Waals surface area contributed by atoms with E-state index in [1.165, 1.54) is 0 Å². The zero-order valence-electron chi connectivity index (χ0n) is 7.14. The predicted molar refractivity (Wildman–Crippen MR) is 54.0 cm³/mol. The lowest BCUT2D eigenvalue weighted by molar-refractivity contribution is 0.425. The van der Waals surface area contributed by atoms with Gasteiger partial charge in [0.15, 0.2) is 5.82 Å². The van der Waals surface area contributed by atoms with E-state index in [9.17, 15) is 0 Å². The van der Waals surface area contributed by atoms with E-state index in [0.29, 0.717) is 17.0 Å². The fraction of sp³-hybridized carbons (Fsp3) is 0.111. The van der Waals surface area contributed by atoms with Crippen LogP contribution in [0, 0.1) is 0 Å². The summed E-state index contributed by atoms with van der Waals surface area (Å²) in [7, 11) is 0. The summed E-state index contributed by atoms with van der Waals surface area (Å²) in [5.41, 5.74) is 0.794. The van der Waals surface area contributed by atoms with Crippen molar-refractivity contribution in [2.24, 2.45) is 0 Å². The number of nitrogens with zero attached hydrogens (tertiary/aromatic N) is 2. The van der Waals surface area contributed by atoms with Gasteiger partial charge in [0.05, 0.1) is 5.33 Å². The number of phenolic OH excluding ortho intramolecular Hbond substituents is 1. The molecule has 0 atom stereocenters. The first kappa shape index (κ1) is 9.21. The second-order valence-corrected chi connectivity index (χ2v) is 3.26. The lowest BCUT2D eigenvalue weighted by Crippen LogP contribution is -1.80. The molecule has 0 saturated carbocycles. The summed E-state index contributed by atoms with van der Waals surface area (Å²) in [6, 6.07) is 6.60. The van der Waals surface area contributed by atoms with Crippen molar-refractivity contribution in [1.29, 1.82) is 0 Å². The summed E-state index contributed by atoms with van der Waals surface area (Å²) >= 11 is 3.23. The maximum Gasteiger partial charge on any atom is 0.257 e. The van der Waals surface area contributed by atoms with Crippen LogP contribution < -0.4 is 0 Å². The van der Waals surface area contributed by atoms with E-state index in [0.717, 1.165) is 5.56 Å². The molecule has 1 aromatic heterocycles. The van der Waals surface area contributed by atoms with Crippen LogP contribution in [0.2, 0.25) is 0 Å². The maximum absolute atomic E-state index is 9.08. The third-order valence-corrected chi connectivity index (χ3v) is 2.20. The van der Waals surface area contributed by atoms with Crippen LogP contribution in [-0.2, 0) is 5.33 Å². The summed E-state index contributed by atoms with van der Waals surface area (Å²) in [6.07, 6.45) is 0. The third kappa shape index (κ3) is 1.77. The molecule has 0 aliphatic carbocycles. The molecule has 0 amide bonds. The van der Waals surface area contributed by atoms with Crippen molar-refractivity contribution in [2.75, 3.05) is 0 Å². The topological polar surface area (TPSA) is 59.2 Å². The van der Waals surface area contributed by atoms with Crippen LogP contribution in [0.15, 0.2) is 28.8 Å². The van der Waals surface area contributed by atoms with Crippen LogP contribution in [0.1, 0.15) is 5.82 Å². The van der Waals surface area contributed by atoms with Crippen LogP contribution >= 0.6 is 15.9 Å². The molecule has 1 heterocycles. The highest BCUT2D eigenvalue weighted by Crippen LogP contribution is 2.20. The third-order valence-electron chi connectivity index (χ3n) is 1.70. The Bertz CT molecular complexity index is 425. The molecule has 0 unspecified atom stereocenters. The molecule has 72 valence electrons. The number of rotatable bonds is 2. The standard InChI is InChI=1S/C9H7BrN2O2/c10-5-8-11-9(14-12-8)6-1-3-7(13)4-2-6/h1-4,13H,5H2. The number of phenols is 1. The molecule has 14 heavy (non-hydrogen) atoms. The van der Waals surface area contributed by atoms with E-state index in [-0.39, 0.29) is 5.75 Å². The zero-order chi connectivity index (χ0) is 9.97. The number of benzene rings is 1. The Morgan fingerprint density at radius 3 is 2.57 bits per heavy atom. The van der Waals surface area contributed by atoms with Gasteiger partial charge in [-0.2, -0.15) is 4.98 Å². The minimum Gasteiger partial charge on any atom is -0.508 e. The molecule has 1 N–H and O–H groups in total.